The number of fused-ring (bicyclic) bond motifs is 10. The molecule has 0 atom stereocenters. The molecule has 0 fully saturated rings. The summed E-state index contributed by atoms with van der Waals surface area (Å²) in [6, 6.07) is 67.7. The van der Waals surface area contributed by atoms with Crippen molar-refractivity contribution < 1.29 is 0 Å². The summed E-state index contributed by atoms with van der Waals surface area (Å²) >= 11 is 1.87. The Kier molecular flexibility index (Phi) is 6.73. The van der Waals surface area contributed by atoms with Crippen molar-refractivity contribution in [2.24, 2.45) is 0 Å². The highest BCUT2D eigenvalue weighted by molar-refractivity contribution is 7.26. The van der Waals surface area contributed by atoms with Crippen LogP contribution in [-0.4, -0.2) is 4.98 Å². The fourth-order valence-electron chi connectivity index (χ4n) is 9.00. The van der Waals surface area contributed by atoms with E-state index in [0.717, 1.165) is 44.4 Å². The Morgan fingerprint density at radius 1 is 0.481 bits per heavy atom. The number of aromatic nitrogens is 1. The third-order valence-corrected chi connectivity index (χ3v) is 12.6. The lowest BCUT2D eigenvalue weighted by Gasteiger charge is -2.34. The Labute approximate surface area is 316 Å². The van der Waals surface area contributed by atoms with Crippen LogP contribution >= 0.6 is 11.3 Å². The second-order valence-corrected chi connectivity index (χ2v) is 15.2. The number of benzene rings is 8. The average Bonchev–Trinajstić information content (AvgIpc) is 3.77. The summed E-state index contributed by atoms with van der Waals surface area (Å²) < 4.78 is 2.60. The maximum Gasteiger partial charge on any atom is 0.0991 e. The molecule has 0 N–H and O–H groups in total. The van der Waals surface area contributed by atoms with Gasteiger partial charge in [-0.15, -0.1) is 11.3 Å². The van der Waals surface area contributed by atoms with Gasteiger partial charge in [0, 0.05) is 41.9 Å². The highest BCUT2D eigenvalue weighted by Crippen LogP contribution is 2.57. The van der Waals surface area contributed by atoms with Crippen LogP contribution in [0.5, 0.6) is 0 Å². The van der Waals surface area contributed by atoms with Gasteiger partial charge in [0.05, 0.1) is 28.3 Å². The van der Waals surface area contributed by atoms with E-state index in [1.807, 2.05) is 17.4 Å². The summed E-state index contributed by atoms with van der Waals surface area (Å²) in [5.41, 5.74) is 12.4. The van der Waals surface area contributed by atoms with E-state index in [2.05, 4.69) is 182 Å². The molecular formula is C51H30N2S. The molecule has 2 nitrogen and oxygen atoms in total. The van der Waals surface area contributed by atoms with Gasteiger partial charge in [0.2, 0.25) is 0 Å². The molecular weight excluding hydrogens is 673 g/mol. The van der Waals surface area contributed by atoms with E-state index >= 15 is 0 Å². The smallest absolute Gasteiger partial charge is 0.0991 e. The molecule has 0 saturated carbocycles. The van der Waals surface area contributed by atoms with Crippen LogP contribution in [0.3, 0.4) is 0 Å². The van der Waals surface area contributed by atoms with Crippen molar-refractivity contribution in [3.05, 3.63) is 210 Å². The number of hydrogen-bond donors (Lipinski definition) is 0. The number of rotatable bonds is 4. The molecule has 2 aromatic heterocycles. The third kappa shape index (κ3) is 4.35. The minimum Gasteiger partial charge on any atom is -0.247 e. The standard InChI is InChI=1S/C51H30N2S/c52-31-32-20-23-38-39-24-21-34(29-45(39)51(44(38)28-32,36-14-6-2-7-15-36)37-16-8-3-9-17-37)35-22-25-42-46(30-35)53-49(33-12-4-1-5-13-33)43-27-26-41-40-18-10-11-19-47(40)54-50(41)48(42)43/h1-30H. The van der Waals surface area contributed by atoms with Gasteiger partial charge in [0.25, 0.3) is 0 Å². The molecule has 250 valence electrons. The fourth-order valence-corrected chi connectivity index (χ4v) is 10.3. The first-order valence-electron chi connectivity index (χ1n) is 18.3. The molecule has 3 heteroatoms. The molecule has 1 aliphatic rings. The molecule has 0 unspecified atom stereocenters. The van der Waals surface area contributed by atoms with Crippen molar-refractivity contribution in [2.75, 3.05) is 0 Å². The molecule has 8 aromatic carbocycles. The van der Waals surface area contributed by atoms with Gasteiger partial charge in [-0.2, -0.15) is 5.26 Å². The number of nitriles is 1. The molecule has 0 amide bonds. The maximum atomic E-state index is 10.1. The summed E-state index contributed by atoms with van der Waals surface area (Å²) in [5.74, 6) is 0. The Balaban J connectivity index is 1.19. The molecule has 0 saturated heterocycles. The van der Waals surface area contributed by atoms with Gasteiger partial charge in [-0.25, -0.2) is 4.98 Å². The van der Waals surface area contributed by atoms with Gasteiger partial charge in [0.1, 0.15) is 0 Å². The van der Waals surface area contributed by atoms with Crippen LogP contribution in [0.1, 0.15) is 27.8 Å². The first-order chi connectivity index (χ1) is 26.7. The lowest BCUT2D eigenvalue weighted by Crippen LogP contribution is -2.28. The van der Waals surface area contributed by atoms with Gasteiger partial charge in [-0.3, -0.25) is 0 Å². The number of pyridine rings is 1. The van der Waals surface area contributed by atoms with Gasteiger partial charge < -0.3 is 0 Å². The van der Waals surface area contributed by atoms with Crippen LogP contribution in [-0.2, 0) is 5.41 Å². The minimum absolute atomic E-state index is 0.603. The second kappa shape index (κ2) is 11.8. The van der Waals surface area contributed by atoms with Gasteiger partial charge in [-0.1, -0.05) is 152 Å². The Hall–Kier alpha value is -6.86. The largest absolute Gasteiger partial charge is 0.247 e. The van der Waals surface area contributed by atoms with Gasteiger partial charge in [-0.05, 0) is 74.8 Å². The zero-order valence-corrected chi connectivity index (χ0v) is 29.9. The van der Waals surface area contributed by atoms with Crippen LogP contribution in [0.2, 0.25) is 0 Å². The highest BCUT2D eigenvalue weighted by atomic mass is 32.1. The second-order valence-electron chi connectivity index (χ2n) is 14.1. The van der Waals surface area contributed by atoms with Crippen LogP contribution in [0.4, 0.5) is 0 Å². The Morgan fingerprint density at radius 2 is 1.07 bits per heavy atom. The van der Waals surface area contributed by atoms with E-state index < -0.39 is 5.41 Å². The number of nitrogens with zero attached hydrogens (tertiary/aromatic N) is 2. The van der Waals surface area contributed by atoms with Crippen molar-refractivity contribution in [3.63, 3.8) is 0 Å². The van der Waals surface area contributed by atoms with Crippen LogP contribution in [0.15, 0.2) is 182 Å². The Bertz CT molecular complexity index is 3120. The first-order valence-corrected chi connectivity index (χ1v) is 19.1. The zero-order chi connectivity index (χ0) is 35.8. The molecule has 11 rings (SSSR count). The van der Waals surface area contributed by atoms with E-state index in [4.69, 9.17) is 4.98 Å². The van der Waals surface area contributed by atoms with E-state index in [1.165, 1.54) is 53.2 Å². The molecule has 2 heterocycles. The lowest BCUT2D eigenvalue weighted by atomic mass is 9.67. The molecule has 0 bridgehead atoms. The van der Waals surface area contributed by atoms with Gasteiger partial charge in [0.15, 0.2) is 0 Å². The summed E-state index contributed by atoms with van der Waals surface area (Å²) in [6.07, 6.45) is 0. The SMILES string of the molecule is N#Cc1ccc2c(c1)C(c1ccccc1)(c1ccccc1)c1cc(-c3ccc4c(c3)nc(-c3ccccc3)c3ccc5c6ccccc6sc5c34)ccc1-2. The van der Waals surface area contributed by atoms with Crippen molar-refractivity contribution in [2.45, 2.75) is 5.41 Å². The molecule has 0 aliphatic heterocycles. The monoisotopic (exact) mass is 702 g/mol. The highest BCUT2D eigenvalue weighted by Gasteiger charge is 2.46. The normalized spacial score (nSPS) is 12.9. The van der Waals surface area contributed by atoms with Crippen molar-refractivity contribution in [1.82, 2.24) is 4.98 Å². The van der Waals surface area contributed by atoms with Crippen molar-refractivity contribution in [3.8, 4) is 39.6 Å². The fraction of sp³-hybridized carbons (Fsp3) is 0.0196. The first kappa shape index (κ1) is 30.7. The number of thiophene rings is 1. The van der Waals surface area contributed by atoms with Crippen molar-refractivity contribution in [1.29, 1.82) is 5.26 Å². The lowest BCUT2D eigenvalue weighted by molar-refractivity contribution is 0.768. The summed E-state index contributed by atoms with van der Waals surface area (Å²) in [5, 5.41) is 16.2. The molecule has 0 spiro atoms. The summed E-state index contributed by atoms with van der Waals surface area (Å²) in [7, 11) is 0. The molecule has 1 aliphatic carbocycles. The van der Waals surface area contributed by atoms with Crippen LogP contribution in [0, 0.1) is 11.3 Å². The molecule has 0 radical (unpaired) electrons. The van der Waals surface area contributed by atoms with Crippen LogP contribution in [0.25, 0.3) is 75.4 Å². The maximum absolute atomic E-state index is 10.1. The topological polar surface area (TPSA) is 36.7 Å². The summed E-state index contributed by atoms with van der Waals surface area (Å²) in [6.45, 7) is 0. The van der Waals surface area contributed by atoms with Gasteiger partial charge >= 0.3 is 0 Å². The predicted molar refractivity (Wildman–Crippen MR) is 225 cm³/mol. The predicted octanol–water partition coefficient (Wildman–Crippen LogP) is 13.3. The quantitative estimate of drug-likeness (QED) is 0.171. The molecule has 54 heavy (non-hydrogen) atoms. The van der Waals surface area contributed by atoms with E-state index in [1.54, 1.807) is 0 Å². The Morgan fingerprint density at radius 3 is 1.81 bits per heavy atom. The summed E-state index contributed by atoms with van der Waals surface area (Å²) in [4.78, 5) is 5.44. The van der Waals surface area contributed by atoms with E-state index in [9.17, 15) is 5.26 Å². The van der Waals surface area contributed by atoms with Crippen molar-refractivity contribution >= 4 is 53.2 Å². The van der Waals surface area contributed by atoms with E-state index in [0.29, 0.717) is 5.56 Å². The zero-order valence-electron chi connectivity index (χ0n) is 29.1. The third-order valence-electron chi connectivity index (χ3n) is 11.4. The minimum atomic E-state index is -0.603. The number of hydrogen-bond acceptors (Lipinski definition) is 3. The molecule has 10 aromatic rings. The van der Waals surface area contributed by atoms with E-state index in [-0.39, 0.29) is 0 Å². The average molecular weight is 703 g/mol. The van der Waals surface area contributed by atoms with Crippen LogP contribution < -0.4 is 0 Å².